The zero-order valence-electron chi connectivity index (χ0n) is 9.74. The van der Waals surface area contributed by atoms with Crippen LogP contribution in [-0.4, -0.2) is 25.7 Å². The fourth-order valence-electron chi connectivity index (χ4n) is 1.37. The second-order valence-electron chi connectivity index (χ2n) is 3.56. The Morgan fingerprint density at radius 3 is 2.75 bits per heavy atom. The number of hydrogen-bond acceptors (Lipinski definition) is 3. The maximum Gasteiger partial charge on any atom is 0.307 e. The quantitative estimate of drug-likeness (QED) is 0.563. The van der Waals surface area contributed by atoms with Crippen molar-refractivity contribution in [2.75, 3.05) is 19.7 Å². The van der Waals surface area contributed by atoms with E-state index in [4.69, 9.17) is 4.74 Å². The van der Waals surface area contributed by atoms with E-state index in [1.165, 1.54) is 5.56 Å². The zero-order chi connectivity index (χ0) is 11.6. The van der Waals surface area contributed by atoms with Gasteiger partial charge >= 0.3 is 5.97 Å². The van der Waals surface area contributed by atoms with E-state index in [0.717, 1.165) is 13.0 Å². The van der Waals surface area contributed by atoms with Crippen molar-refractivity contribution in [2.45, 2.75) is 19.8 Å². The topological polar surface area (TPSA) is 38.3 Å². The fourth-order valence-corrected chi connectivity index (χ4v) is 1.37. The average molecular weight is 221 g/mol. The van der Waals surface area contributed by atoms with E-state index < -0.39 is 0 Å². The molecule has 1 N–H and O–H groups in total. The molecule has 0 saturated heterocycles. The lowest BCUT2D eigenvalue weighted by Gasteiger charge is -2.05. The van der Waals surface area contributed by atoms with Crippen LogP contribution in [0.5, 0.6) is 0 Å². The van der Waals surface area contributed by atoms with Crippen LogP contribution in [0.2, 0.25) is 0 Å². The molecule has 16 heavy (non-hydrogen) atoms. The first kappa shape index (κ1) is 12.7. The number of ether oxygens (including phenoxy) is 1. The number of benzene rings is 1. The highest BCUT2D eigenvalue weighted by Crippen LogP contribution is 1.99. The van der Waals surface area contributed by atoms with Gasteiger partial charge in [0.1, 0.15) is 0 Å². The molecule has 0 aliphatic carbocycles. The third kappa shape index (κ3) is 5.51. The molecule has 3 nitrogen and oxygen atoms in total. The van der Waals surface area contributed by atoms with Gasteiger partial charge in [0.2, 0.25) is 0 Å². The Balaban J connectivity index is 2.09. The van der Waals surface area contributed by atoms with Gasteiger partial charge in [-0.2, -0.15) is 0 Å². The predicted molar refractivity (Wildman–Crippen MR) is 64.3 cm³/mol. The van der Waals surface area contributed by atoms with Gasteiger partial charge in [-0.3, -0.25) is 4.79 Å². The second kappa shape index (κ2) is 7.88. The van der Waals surface area contributed by atoms with Gasteiger partial charge in [0.15, 0.2) is 0 Å². The van der Waals surface area contributed by atoms with Gasteiger partial charge in [-0.25, -0.2) is 0 Å². The fraction of sp³-hybridized carbons (Fsp3) is 0.462. The van der Waals surface area contributed by atoms with Crippen LogP contribution in [0, 0.1) is 0 Å². The van der Waals surface area contributed by atoms with Crippen molar-refractivity contribution in [1.82, 2.24) is 5.32 Å². The van der Waals surface area contributed by atoms with Gasteiger partial charge in [-0.1, -0.05) is 37.3 Å². The van der Waals surface area contributed by atoms with E-state index in [-0.39, 0.29) is 5.97 Å². The minimum absolute atomic E-state index is 0.128. The summed E-state index contributed by atoms with van der Waals surface area (Å²) in [6.45, 7) is 4.06. The summed E-state index contributed by atoms with van der Waals surface area (Å²) in [5.74, 6) is -0.128. The zero-order valence-corrected chi connectivity index (χ0v) is 9.74. The van der Waals surface area contributed by atoms with Crippen LogP contribution in [0.4, 0.5) is 0 Å². The standard InChI is InChI=1S/C13H19NO2/c1-2-14-10-8-13(15)16-11-9-12-6-4-3-5-7-12/h3-7,14H,2,8-11H2,1H3. The maximum absolute atomic E-state index is 11.2. The van der Waals surface area contributed by atoms with Crippen molar-refractivity contribution in [1.29, 1.82) is 0 Å². The van der Waals surface area contributed by atoms with Gasteiger partial charge in [0.05, 0.1) is 13.0 Å². The largest absolute Gasteiger partial charge is 0.465 e. The highest BCUT2D eigenvalue weighted by Gasteiger charge is 2.01. The molecule has 0 fully saturated rings. The third-order valence-electron chi connectivity index (χ3n) is 2.25. The van der Waals surface area contributed by atoms with Gasteiger partial charge in [-0.15, -0.1) is 0 Å². The predicted octanol–water partition coefficient (Wildman–Crippen LogP) is 1.77. The number of hydrogen-bond donors (Lipinski definition) is 1. The molecule has 0 amide bonds. The van der Waals surface area contributed by atoms with E-state index in [0.29, 0.717) is 19.6 Å². The van der Waals surface area contributed by atoms with E-state index in [2.05, 4.69) is 5.32 Å². The Bertz CT molecular complexity index is 298. The monoisotopic (exact) mass is 221 g/mol. The highest BCUT2D eigenvalue weighted by molar-refractivity contribution is 5.69. The molecular formula is C13H19NO2. The SMILES string of the molecule is CCNCCC(=O)OCCc1ccccc1. The Kier molecular flexibility index (Phi) is 6.26. The molecule has 1 rings (SSSR count). The molecule has 1 aromatic rings. The van der Waals surface area contributed by atoms with Gasteiger partial charge < -0.3 is 10.1 Å². The van der Waals surface area contributed by atoms with Crippen molar-refractivity contribution in [3.63, 3.8) is 0 Å². The Labute approximate surface area is 96.8 Å². The third-order valence-corrected chi connectivity index (χ3v) is 2.25. The number of nitrogens with one attached hydrogen (secondary N) is 1. The Morgan fingerprint density at radius 1 is 1.31 bits per heavy atom. The molecule has 0 spiro atoms. The smallest absolute Gasteiger partial charge is 0.307 e. The van der Waals surface area contributed by atoms with Crippen molar-refractivity contribution < 1.29 is 9.53 Å². The van der Waals surface area contributed by atoms with Crippen LogP contribution < -0.4 is 5.32 Å². The summed E-state index contributed by atoms with van der Waals surface area (Å²) < 4.78 is 5.11. The first-order valence-corrected chi connectivity index (χ1v) is 5.73. The summed E-state index contributed by atoms with van der Waals surface area (Å²) in [6.07, 6.45) is 1.23. The minimum Gasteiger partial charge on any atom is -0.465 e. The number of carbonyl (C=O) groups excluding carboxylic acids is 1. The van der Waals surface area contributed by atoms with Gasteiger partial charge in [-0.05, 0) is 12.1 Å². The van der Waals surface area contributed by atoms with Gasteiger partial charge in [0, 0.05) is 13.0 Å². The number of carbonyl (C=O) groups is 1. The molecule has 0 aromatic heterocycles. The molecule has 88 valence electrons. The van der Waals surface area contributed by atoms with Crippen LogP contribution in [0.3, 0.4) is 0 Å². The minimum atomic E-state index is -0.128. The van der Waals surface area contributed by atoms with Crippen LogP contribution >= 0.6 is 0 Å². The lowest BCUT2D eigenvalue weighted by atomic mass is 10.2. The van der Waals surface area contributed by atoms with Crippen molar-refractivity contribution in [3.8, 4) is 0 Å². The number of rotatable bonds is 7. The van der Waals surface area contributed by atoms with E-state index in [1.807, 2.05) is 37.3 Å². The van der Waals surface area contributed by atoms with E-state index in [1.54, 1.807) is 0 Å². The first-order chi connectivity index (χ1) is 7.83. The second-order valence-corrected chi connectivity index (χ2v) is 3.56. The first-order valence-electron chi connectivity index (χ1n) is 5.73. The molecule has 3 heteroatoms. The summed E-state index contributed by atoms with van der Waals surface area (Å²) in [5.41, 5.74) is 1.20. The van der Waals surface area contributed by atoms with Crippen LogP contribution in [0.25, 0.3) is 0 Å². The lowest BCUT2D eigenvalue weighted by Crippen LogP contribution is -2.19. The summed E-state index contributed by atoms with van der Waals surface area (Å²) in [5, 5.41) is 3.09. The van der Waals surface area contributed by atoms with E-state index >= 15 is 0 Å². The molecule has 0 saturated carbocycles. The molecule has 0 radical (unpaired) electrons. The summed E-state index contributed by atoms with van der Waals surface area (Å²) in [7, 11) is 0. The molecule has 0 atom stereocenters. The summed E-state index contributed by atoms with van der Waals surface area (Å²) >= 11 is 0. The Morgan fingerprint density at radius 2 is 2.06 bits per heavy atom. The van der Waals surface area contributed by atoms with Crippen LogP contribution in [0.1, 0.15) is 18.9 Å². The molecule has 0 aliphatic rings. The van der Waals surface area contributed by atoms with E-state index in [9.17, 15) is 4.79 Å². The number of esters is 1. The van der Waals surface area contributed by atoms with Crippen molar-refractivity contribution in [2.24, 2.45) is 0 Å². The molecule has 0 aliphatic heterocycles. The average Bonchev–Trinajstić information content (AvgIpc) is 2.31. The lowest BCUT2D eigenvalue weighted by molar-refractivity contribution is -0.143. The summed E-state index contributed by atoms with van der Waals surface area (Å²) in [4.78, 5) is 11.2. The van der Waals surface area contributed by atoms with Crippen LogP contribution in [0.15, 0.2) is 30.3 Å². The normalized spacial score (nSPS) is 10.1. The van der Waals surface area contributed by atoms with Crippen molar-refractivity contribution >= 4 is 5.97 Å². The molecular weight excluding hydrogens is 202 g/mol. The molecule has 0 heterocycles. The maximum atomic E-state index is 11.2. The Hall–Kier alpha value is -1.35. The highest BCUT2D eigenvalue weighted by atomic mass is 16.5. The van der Waals surface area contributed by atoms with Gasteiger partial charge in [0.25, 0.3) is 0 Å². The summed E-state index contributed by atoms with van der Waals surface area (Å²) in [6, 6.07) is 10.0. The van der Waals surface area contributed by atoms with Crippen LogP contribution in [-0.2, 0) is 16.0 Å². The van der Waals surface area contributed by atoms with Crippen molar-refractivity contribution in [3.05, 3.63) is 35.9 Å². The molecule has 0 bridgehead atoms. The molecule has 0 unspecified atom stereocenters. The molecule has 1 aromatic carbocycles.